The topological polar surface area (TPSA) is 56.0 Å². The molecule has 4 heteroatoms. The third-order valence-corrected chi connectivity index (χ3v) is 3.31. The van der Waals surface area contributed by atoms with Crippen molar-refractivity contribution in [1.29, 1.82) is 5.26 Å². The molecule has 1 saturated carbocycles. The second-order valence-electron chi connectivity index (χ2n) is 3.87. The molecule has 0 heterocycles. The van der Waals surface area contributed by atoms with Gasteiger partial charge in [0.15, 0.2) is 0 Å². The van der Waals surface area contributed by atoms with Crippen LogP contribution in [0.25, 0.3) is 0 Å². The summed E-state index contributed by atoms with van der Waals surface area (Å²) >= 11 is 3.40. The van der Waals surface area contributed by atoms with Gasteiger partial charge in [0.2, 0.25) is 0 Å². The van der Waals surface area contributed by atoms with Crippen molar-refractivity contribution in [2.75, 3.05) is 11.9 Å². The molecule has 0 amide bonds. The summed E-state index contributed by atoms with van der Waals surface area (Å²) in [4.78, 5) is 0. The maximum Gasteiger partial charge on any atom is 0.0992 e. The summed E-state index contributed by atoms with van der Waals surface area (Å²) in [6.07, 6.45) is 1.99. The summed E-state index contributed by atoms with van der Waals surface area (Å²) in [6, 6.07) is 7.48. The van der Waals surface area contributed by atoms with Gasteiger partial charge in [-0.2, -0.15) is 5.26 Å². The van der Waals surface area contributed by atoms with Crippen LogP contribution in [0.4, 0.5) is 5.69 Å². The van der Waals surface area contributed by atoms with Crippen molar-refractivity contribution in [1.82, 2.24) is 0 Å². The standard InChI is InChI=1S/C11H11BrN2O/c12-9-5-8(6-13)1-2-10(9)14-11(7-15)3-4-11/h1-2,5,14-15H,3-4,7H2. The highest BCUT2D eigenvalue weighted by Gasteiger charge is 2.42. The SMILES string of the molecule is N#Cc1ccc(NC2(CO)CC2)c(Br)c1. The zero-order chi connectivity index (χ0) is 10.9. The summed E-state index contributed by atoms with van der Waals surface area (Å²) in [7, 11) is 0. The Kier molecular flexibility index (Phi) is 2.68. The molecule has 1 fully saturated rings. The van der Waals surface area contributed by atoms with E-state index in [1.165, 1.54) is 0 Å². The van der Waals surface area contributed by atoms with Crippen molar-refractivity contribution in [2.45, 2.75) is 18.4 Å². The number of hydrogen-bond donors (Lipinski definition) is 2. The van der Waals surface area contributed by atoms with Crippen LogP contribution in [0, 0.1) is 11.3 Å². The summed E-state index contributed by atoms with van der Waals surface area (Å²) in [6.45, 7) is 0.152. The minimum atomic E-state index is -0.128. The molecule has 1 aromatic rings. The van der Waals surface area contributed by atoms with Gasteiger partial charge < -0.3 is 10.4 Å². The smallest absolute Gasteiger partial charge is 0.0992 e. The lowest BCUT2D eigenvalue weighted by Crippen LogP contribution is -2.25. The number of hydrogen-bond acceptors (Lipinski definition) is 3. The Hall–Kier alpha value is -1.05. The van der Waals surface area contributed by atoms with E-state index in [1.54, 1.807) is 12.1 Å². The van der Waals surface area contributed by atoms with Crippen molar-refractivity contribution in [3.63, 3.8) is 0 Å². The molecule has 0 radical (unpaired) electrons. The van der Waals surface area contributed by atoms with E-state index >= 15 is 0 Å². The minimum Gasteiger partial charge on any atom is -0.394 e. The highest BCUT2D eigenvalue weighted by molar-refractivity contribution is 9.10. The zero-order valence-corrected chi connectivity index (χ0v) is 9.71. The first-order valence-electron chi connectivity index (χ1n) is 4.78. The number of halogens is 1. The zero-order valence-electron chi connectivity index (χ0n) is 8.13. The van der Waals surface area contributed by atoms with E-state index < -0.39 is 0 Å². The molecule has 2 rings (SSSR count). The van der Waals surface area contributed by atoms with Gasteiger partial charge in [-0.3, -0.25) is 0 Å². The second kappa shape index (κ2) is 3.84. The Balaban J connectivity index is 2.19. The van der Waals surface area contributed by atoms with E-state index in [-0.39, 0.29) is 12.1 Å². The van der Waals surface area contributed by atoms with Crippen LogP contribution in [0.3, 0.4) is 0 Å². The van der Waals surface area contributed by atoms with Gasteiger partial charge >= 0.3 is 0 Å². The number of nitrogens with one attached hydrogen (secondary N) is 1. The molecule has 0 bridgehead atoms. The second-order valence-corrected chi connectivity index (χ2v) is 4.72. The van der Waals surface area contributed by atoms with Crippen molar-refractivity contribution < 1.29 is 5.11 Å². The fraction of sp³-hybridized carbons (Fsp3) is 0.364. The van der Waals surface area contributed by atoms with Gasteiger partial charge in [0.1, 0.15) is 0 Å². The number of nitriles is 1. The molecule has 1 aromatic carbocycles. The molecule has 1 aliphatic carbocycles. The predicted molar refractivity (Wildman–Crippen MR) is 61.5 cm³/mol. The molecular weight excluding hydrogens is 256 g/mol. The first-order chi connectivity index (χ1) is 7.19. The van der Waals surface area contributed by atoms with Gasteiger partial charge in [-0.05, 0) is 47.0 Å². The van der Waals surface area contributed by atoms with Crippen LogP contribution in [0.5, 0.6) is 0 Å². The Morgan fingerprint density at radius 1 is 1.53 bits per heavy atom. The normalized spacial score (nSPS) is 16.9. The molecular formula is C11H11BrN2O. The summed E-state index contributed by atoms with van der Waals surface area (Å²) in [5, 5.41) is 21.2. The van der Waals surface area contributed by atoms with Crippen LogP contribution in [0.15, 0.2) is 22.7 Å². The van der Waals surface area contributed by atoms with E-state index in [9.17, 15) is 5.11 Å². The monoisotopic (exact) mass is 266 g/mol. The van der Waals surface area contributed by atoms with Crippen LogP contribution in [-0.2, 0) is 0 Å². The first-order valence-corrected chi connectivity index (χ1v) is 5.57. The fourth-order valence-electron chi connectivity index (χ4n) is 1.45. The van der Waals surface area contributed by atoms with E-state index in [2.05, 4.69) is 27.3 Å². The summed E-state index contributed by atoms with van der Waals surface area (Å²) in [5.41, 5.74) is 1.43. The molecule has 3 nitrogen and oxygen atoms in total. The van der Waals surface area contributed by atoms with E-state index in [4.69, 9.17) is 5.26 Å². The number of benzene rings is 1. The molecule has 78 valence electrons. The van der Waals surface area contributed by atoms with Gasteiger partial charge in [0.25, 0.3) is 0 Å². The average molecular weight is 267 g/mol. The predicted octanol–water partition coefficient (Wildman–Crippen LogP) is 2.26. The molecule has 0 spiro atoms. The molecule has 0 atom stereocenters. The van der Waals surface area contributed by atoms with Gasteiger partial charge in [-0.25, -0.2) is 0 Å². The Morgan fingerprint density at radius 2 is 2.27 bits per heavy atom. The highest BCUT2D eigenvalue weighted by atomic mass is 79.9. The molecule has 0 aromatic heterocycles. The van der Waals surface area contributed by atoms with Crippen LogP contribution in [0.2, 0.25) is 0 Å². The van der Waals surface area contributed by atoms with Crippen LogP contribution < -0.4 is 5.32 Å². The quantitative estimate of drug-likeness (QED) is 0.883. The fourth-order valence-corrected chi connectivity index (χ4v) is 1.92. The number of rotatable bonds is 3. The number of nitrogens with zero attached hydrogens (tertiary/aromatic N) is 1. The van der Waals surface area contributed by atoms with Crippen molar-refractivity contribution in [3.8, 4) is 6.07 Å². The molecule has 2 N–H and O–H groups in total. The van der Waals surface area contributed by atoms with Crippen LogP contribution >= 0.6 is 15.9 Å². The van der Waals surface area contributed by atoms with Crippen LogP contribution in [0.1, 0.15) is 18.4 Å². The minimum absolute atomic E-state index is 0.128. The number of aliphatic hydroxyl groups is 1. The largest absolute Gasteiger partial charge is 0.394 e. The molecule has 0 saturated heterocycles. The Bertz CT molecular complexity index is 421. The molecule has 0 aliphatic heterocycles. The van der Waals surface area contributed by atoms with Gasteiger partial charge in [0.05, 0.1) is 23.8 Å². The lowest BCUT2D eigenvalue weighted by Gasteiger charge is -2.17. The van der Waals surface area contributed by atoms with E-state index in [0.29, 0.717) is 5.56 Å². The van der Waals surface area contributed by atoms with Gasteiger partial charge in [0, 0.05) is 10.2 Å². The maximum absolute atomic E-state index is 9.18. The van der Waals surface area contributed by atoms with E-state index in [1.807, 2.05) is 6.07 Å². The lowest BCUT2D eigenvalue weighted by atomic mass is 10.2. The average Bonchev–Trinajstić information content (AvgIpc) is 3.02. The lowest BCUT2D eigenvalue weighted by molar-refractivity contribution is 0.266. The maximum atomic E-state index is 9.18. The summed E-state index contributed by atoms with van der Waals surface area (Å²) in [5.74, 6) is 0. The van der Waals surface area contributed by atoms with E-state index in [0.717, 1.165) is 23.0 Å². The van der Waals surface area contributed by atoms with Crippen molar-refractivity contribution in [3.05, 3.63) is 28.2 Å². The third-order valence-electron chi connectivity index (χ3n) is 2.65. The third kappa shape index (κ3) is 2.14. The van der Waals surface area contributed by atoms with Crippen molar-refractivity contribution in [2.24, 2.45) is 0 Å². The Morgan fingerprint density at radius 3 is 2.73 bits per heavy atom. The number of anilines is 1. The van der Waals surface area contributed by atoms with Crippen molar-refractivity contribution >= 4 is 21.6 Å². The molecule has 0 unspecified atom stereocenters. The molecule has 1 aliphatic rings. The van der Waals surface area contributed by atoms with Gasteiger partial charge in [-0.1, -0.05) is 0 Å². The van der Waals surface area contributed by atoms with Gasteiger partial charge in [-0.15, -0.1) is 0 Å². The number of aliphatic hydroxyl groups excluding tert-OH is 1. The molecule has 15 heavy (non-hydrogen) atoms. The Labute approximate surface area is 96.9 Å². The first kappa shape index (κ1) is 10.5. The highest BCUT2D eigenvalue weighted by Crippen LogP contribution is 2.40. The van der Waals surface area contributed by atoms with Crippen LogP contribution in [-0.4, -0.2) is 17.3 Å². The summed E-state index contributed by atoms with van der Waals surface area (Å²) < 4.78 is 0.862.